The third kappa shape index (κ3) is 22.8. The van der Waals surface area contributed by atoms with Crippen LogP contribution >= 0.6 is 11.8 Å². The highest BCUT2D eigenvalue weighted by atomic mass is 32.2. The summed E-state index contributed by atoms with van der Waals surface area (Å²) >= 11 is 1.64. The maximum absolute atomic E-state index is 14.7. The van der Waals surface area contributed by atoms with E-state index in [2.05, 4.69) is 77.6 Å². The lowest BCUT2D eigenvalue weighted by Crippen LogP contribution is -2.40. The summed E-state index contributed by atoms with van der Waals surface area (Å²) in [5, 5.41) is 99.8. The molecule has 4 atom stereocenters. The van der Waals surface area contributed by atoms with Gasteiger partial charge in [0.15, 0.2) is 29.1 Å². The number of nitrogens with zero attached hydrogens (tertiary/aromatic N) is 5. The third-order valence-electron chi connectivity index (χ3n) is 25.9. The van der Waals surface area contributed by atoms with Crippen molar-refractivity contribution < 1.29 is 75.8 Å². The minimum Gasteiger partial charge on any atom is -0.394 e. The first-order chi connectivity index (χ1) is 71.0. The van der Waals surface area contributed by atoms with Crippen molar-refractivity contribution in [3.05, 3.63) is 330 Å². The Morgan fingerprint density at radius 2 is 0.582 bits per heavy atom. The molecular weight excluding hydrogens is 1880 g/mol. The van der Waals surface area contributed by atoms with E-state index in [4.69, 9.17) is 19.7 Å². The van der Waals surface area contributed by atoms with Gasteiger partial charge < -0.3 is 56.5 Å². The van der Waals surface area contributed by atoms with Crippen molar-refractivity contribution in [1.29, 1.82) is 0 Å². The Balaban J connectivity index is 0.000000120. The Kier molecular flexibility index (Phi) is 31.4. The number of benzene rings is 15. The van der Waals surface area contributed by atoms with E-state index in [-0.39, 0.29) is 105 Å². The molecule has 0 spiro atoms. The Morgan fingerprint density at radius 1 is 0.336 bits per heavy atom. The molecule has 742 valence electrons. The fraction of sp³-hybridized carbons (Fsp3) is 0.211. The number of amides is 5. The van der Waals surface area contributed by atoms with E-state index >= 15 is 0 Å². The first kappa shape index (κ1) is 100. The van der Waals surface area contributed by atoms with Gasteiger partial charge in [0.25, 0.3) is 29.5 Å². The average Bonchev–Trinajstić information content (AvgIpc) is 1.65. The number of ether oxygens (including phenoxy) is 2. The Hall–Kier alpha value is -15.9. The van der Waals surface area contributed by atoms with E-state index in [9.17, 15) is 56.1 Å². The predicted molar refractivity (Wildman–Crippen MR) is 562 cm³/mol. The lowest BCUT2D eigenvalue weighted by atomic mass is 10.0. The summed E-state index contributed by atoms with van der Waals surface area (Å²) < 4.78 is 84.3. The summed E-state index contributed by atoms with van der Waals surface area (Å²) in [5.74, 6) is -3.71. The maximum atomic E-state index is 14.7. The monoisotopic (exact) mass is 1990 g/mol. The zero-order valence-electron chi connectivity index (χ0n) is 79.7. The first-order valence-corrected chi connectivity index (χ1v) is 49.4. The molecule has 0 unspecified atom stereocenters. The van der Waals surface area contributed by atoms with E-state index in [1.54, 1.807) is 42.1 Å². The number of thioether (sulfide) groups is 1. The summed E-state index contributed by atoms with van der Waals surface area (Å²) in [6.45, 7) is 5.19. The summed E-state index contributed by atoms with van der Waals surface area (Å²) in [5.41, 5.74) is 9.64. The number of rotatable bonds is 26. The van der Waals surface area contributed by atoms with E-state index in [0.717, 1.165) is 132 Å². The quantitative estimate of drug-likeness (QED) is 0.0224. The van der Waals surface area contributed by atoms with Crippen molar-refractivity contribution in [2.24, 2.45) is 5.92 Å². The van der Waals surface area contributed by atoms with Gasteiger partial charge in [-0.1, -0.05) is 196 Å². The summed E-state index contributed by atoms with van der Waals surface area (Å²) in [4.78, 5) is 62.9. The molecule has 15 aromatic carbocycles. The van der Waals surface area contributed by atoms with Crippen LogP contribution in [0.4, 0.5) is 22.0 Å². The first-order valence-electron chi connectivity index (χ1n) is 48.0. The number of aromatic nitrogens is 10. The van der Waals surface area contributed by atoms with Crippen molar-refractivity contribution in [3.63, 3.8) is 0 Å². The summed E-state index contributed by atoms with van der Waals surface area (Å²) in [6.07, 6.45) is 7.19. The van der Waals surface area contributed by atoms with Gasteiger partial charge in [-0.15, -0.1) is 0 Å². The summed E-state index contributed by atoms with van der Waals surface area (Å²) in [6, 6.07) is 82.4. The van der Waals surface area contributed by atoms with Crippen molar-refractivity contribution in [1.82, 2.24) is 77.6 Å². The number of aromatic amines is 5. The number of aliphatic hydroxyl groups excluding tert-OH is 4. The Labute approximate surface area is 837 Å². The van der Waals surface area contributed by atoms with E-state index in [0.29, 0.717) is 87.2 Å². The standard InChI is InChI=1S/C24H24FN3O2.C23H22FN3O2S.2C23H20FN3O2.C21H18FN3O3/c1-14(2)9-19(13-29)26-24(30)18-11-20-22(27-28-23(20)21(25)12-18)17-8-7-15-5-3-4-6-16(15)10-17;1-30-9-8-18(13-28)25-23(29)17-11-19-21(26-27-22(19)20(24)12-17)16-7-6-14-4-2-3-5-15(14)10-16;2*24-20-12-17(23(28)25-13-18-6-3-9-29-18)11-19-21(26-27-22(19)20)16-8-7-14-4-1-2-5-15(14)10-16;22-18-9-15(21(28)23-16(10-26)11-27)8-17-19(24-25-20(17)18)14-6-5-12-3-1-2-4-13(12)7-14/h3-8,10-12,14,19,29H,9,13H2,1-2H3,(H,26,30)(H,27,28);2-7,10-12,18,28H,8-9,13H2,1H3,(H,25,29)(H,26,27);2*1-2,4-5,7-8,10-12,18H,3,6,9,13H2,(H,25,28)(H,26,27);1-9,16,26-27H,10-11H2,(H,23,28)(H,24,25)/t19-;3*18-;/m0010./s1. The molecule has 2 aliphatic heterocycles. The molecule has 146 heavy (non-hydrogen) atoms. The molecular formula is C114H104F5N15O11S. The smallest absolute Gasteiger partial charge is 0.251 e. The van der Waals surface area contributed by atoms with Crippen LogP contribution in [0.5, 0.6) is 0 Å². The second-order valence-electron chi connectivity index (χ2n) is 36.4. The second kappa shape index (κ2) is 45.8. The molecule has 22 rings (SSSR count). The van der Waals surface area contributed by atoms with Crippen LogP contribution < -0.4 is 26.6 Å². The summed E-state index contributed by atoms with van der Waals surface area (Å²) in [7, 11) is 0. The molecule has 2 fully saturated rings. The van der Waals surface area contributed by atoms with Crippen LogP contribution in [0, 0.1) is 35.0 Å². The van der Waals surface area contributed by atoms with Gasteiger partial charge in [-0.2, -0.15) is 37.3 Å². The van der Waals surface area contributed by atoms with E-state index in [1.165, 1.54) is 24.3 Å². The van der Waals surface area contributed by atoms with Crippen molar-refractivity contribution in [3.8, 4) is 56.3 Å². The minimum absolute atomic E-state index is 0.0367. The molecule has 0 bridgehead atoms. The van der Waals surface area contributed by atoms with Crippen LogP contribution in [0.1, 0.15) is 104 Å². The highest BCUT2D eigenvalue weighted by molar-refractivity contribution is 7.98. The van der Waals surface area contributed by atoms with Gasteiger partial charge >= 0.3 is 0 Å². The Morgan fingerprint density at radius 3 is 0.822 bits per heavy atom. The third-order valence-corrected chi connectivity index (χ3v) is 26.5. The molecule has 5 amide bonds. The van der Waals surface area contributed by atoms with Crippen LogP contribution in [0.25, 0.3) is 165 Å². The van der Waals surface area contributed by atoms with Crippen molar-refractivity contribution >= 4 is 150 Å². The van der Waals surface area contributed by atoms with Crippen LogP contribution in [0.15, 0.2) is 273 Å². The number of aliphatic hydroxyl groups is 4. The average molecular weight is 1990 g/mol. The van der Waals surface area contributed by atoms with Gasteiger partial charge in [0, 0.05) is 109 Å². The van der Waals surface area contributed by atoms with Gasteiger partial charge in [-0.3, -0.25) is 49.5 Å². The van der Waals surface area contributed by atoms with Crippen LogP contribution in [0.3, 0.4) is 0 Å². The molecule has 7 heterocycles. The number of carbonyl (C=O) groups is 5. The second-order valence-corrected chi connectivity index (χ2v) is 37.4. The molecule has 0 radical (unpaired) electrons. The molecule has 0 aliphatic carbocycles. The number of hydrogen-bond donors (Lipinski definition) is 14. The Bertz CT molecular complexity index is 8030. The predicted octanol–water partition coefficient (Wildman–Crippen LogP) is 20.5. The van der Waals surface area contributed by atoms with E-state index in [1.807, 2.05) is 232 Å². The SMILES string of the molecule is CC(C)C[C@@H](CO)NC(=O)c1cc(F)c2n[nH]c(-c3ccc4ccccc4c3)c2c1.CSCC[C@@H](CO)NC(=O)c1cc(F)c2n[nH]c(-c3ccc4ccccc4c3)c2c1.O=C(NC(CO)CO)c1cc(F)c2n[nH]c(-c3ccc4ccccc4c3)c2c1.O=C(NC[C@@H]1CCCO1)c1cc(F)c2n[nH]c(-c3ccc4ccccc4c3)c2c1.O=C(NC[C@H]1CCCO1)c1cc(F)c2n[nH]c(-c3ccc4ccccc4c3)c2c1. The number of H-pyrrole nitrogens is 5. The van der Waals surface area contributed by atoms with Gasteiger partial charge in [0.1, 0.15) is 27.6 Å². The zero-order valence-corrected chi connectivity index (χ0v) is 80.5. The molecule has 5 aromatic heterocycles. The number of halogens is 5. The van der Waals surface area contributed by atoms with Gasteiger partial charge in [0.2, 0.25) is 0 Å². The van der Waals surface area contributed by atoms with Crippen molar-refractivity contribution in [2.45, 2.75) is 82.7 Å². The van der Waals surface area contributed by atoms with Crippen molar-refractivity contribution in [2.75, 3.05) is 64.7 Å². The van der Waals surface area contributed by atoms with Gasteiger partial charge in [-0.05, 0) is 201 Å². The molecule has 0 saturated carbocycles. The largest absolute Gasteiger partial charge is 0.394 e. The van der Waals surface area contributed by atoms with E-state index < -0.39 is 66.1 Å². The highest BCUT2D eigenvalue weighted by Gasteiger charge is 2.28. The fourth-order valence-corrected chi connectivity index (χ4v) is 18.8. The normalized spacial score (nSPS) is 13.9. The fourth-order valence-electron chi connectivity index (χ4n) is 18.3. The number of nitrogens with one attached hydrogen (secondary N) is 10. The molecule has 2 aliphatic rings. The maximum Gasteiger partial charge on any atom is 0.251 e. The van der Waals surface area contributed by atoms with Crippen LogP contribution in [-0.2, 0) is 9.47 Å². The highest BCUT2D eigenvalue weighted by Crippen LogP contribution is 2.39. The van der Waals surface area contributed by atoms with Crippen LogP contribution in [-0.4, -0.2) is 196 Å². The lowest BCUT2D eigenvalue weighted by molar-refractivity contribution is 0.0854. The molecule has 14 N–H and O–H groups in total. The molecule has 20 aromatic rings. The number of fused-ring (bicyclic) bond motifs is 10. The van der Waals surface area contributed by atoms with Crippen LogP contribution in [0.2, 0.25) is 0 Å². The topological polar surface area (TPSA) is 388 Å². The number of hydrogen-bond acceptors (Lipinski definition) is 17. The lowest BCUT2D eigenvalue weighted by Gasteiger charge is -2.18. The van der Waals surface area contributed by atoms with Gasteiger partial charge in [0.05, 0.1) is 85.2 Å². The molecule has 26 nitrogen and oxygen atoms in total. The molecule has 32 heteroatoms. The molecule has 2 saturated heterocycles. The minimum atomic E-state index is -0.810. The van der Waals surface area contributed by atoms with Gasteiger partial charge in [-0.25, -0.2) is 22.0 Å². The number of carbonyl (C=O) groups excluding carboxylic acids is 5. The zero-order chi connectivity index (χ0) is 102.